The third-order valence-electron chi connectivity index (χ3n) is 4.77. The third-order valence-corrected chi connectivity index (χ3v) is 5.20. The number of rotatable bonds is 8. The van der Waals surface area contributed by atoms with Crippen LogP contribution in [-0.2, 0) is 0 Å². The summed E-state index contributed by atoms with van der Waals surface area (Å²) in [7, 11) is 0. The summed E-state index contributed by atoms with van der Waals surface area (Å²) in [6, 6.07) is 9.47. The molecular weight excluding hydrogens is 358 g/mol. The van der Waals surface area contributed by atoms with E-state index in [1.807, 2.05) is 42.0 Å². The number of aromatic nitrogens is 2. The molecule has 2 fully saturated rings. The predicted octanol–water partition coefficient (Wildman–Crippen LogP) is 4.53. The van der Waals surface area contributed by atoms with E-state index in [0.717, 1.165) is 31.5 Å². The summed E-state index contributed by atoms with van der Waals surface area (Å²) < 4.78 is 5.95. The van der Waals surface area contributed by atoms with Gasteiger partial charge in [-0.3, -0.25) is 4.79 Å². The molecule has 2 aliphatic carbocycles. The quantitative estimate of drug-likeness (QED) is 0.728. The molecule has 5 nitrogen and oxygen atoms in total. The van der Waals surface area contributed by atoms with E-state index in [1.54, 1.807) is 18.0 Å². The maximum atomic E-state index is 12.9. The maximum absolute atomic E-state index is 12.9. The SMILES string of the molecule is CS/C=C/C(NC(=O)c1cnc(C2CC2)nc1Oc1ccccc1)C1CC1. The highest BCUT2D eigenvalue weighted by molar-refractivity contribution is 8.01. The van der Waals surface area contributed by atoms with Crippen LogP contribution in [0.15, 0.2) is 48.0 Å². The Morgan fingerprint density at radius 3 is 2.70 bits per heavy atom. The van der Waals surface area contributed by atoms with Crippen LogP contribution >= 0.6 is 11.8 Å². The van der Waals surface area contributed by atoms with Crippen molar-refractivity contribution in [3.05, 3.63) is 59.4 Å². The lowest BCUT2D eigenvalue weighted by molar-refractivity contribution is 0.0937. The van der Waals surface area contributed by atoms with Crippen LogP contribution in [0.1, 0.15) is 47.8 Å². The maximum Gasteiger partial charge on any atom is 0.258 e. The molecule has 0 bridgehead atoms. The number of nitrogens with one attached hydrogen (secondary N) is 1. The second kappa shape index (κ2) is 8.13. The van der Waals surface area contributed by atoms with Crippen molar-refractivity contribution in [2.75, 3.05) is 6.26 Å². The third kappa shape index (κ3) is 4.69. The molecule has 2 aliphatic rings. The van der Waals surface area contributed by atoms with Crippen LogP contribution in [0.25, 0.3) is 0 Å². The highest BCUT2D eigenvalue weighted by Gasteiger charge is 2.32. The zero-order valence-electron chi connectivity index (χ0n) is 15.3. The van der Waals surface area contributed by atoms with Crippen LogP contribution in [-0.4, -0.2) is 28.2 Å². The van der Waals surface area contributed by atoms with Gasteiger partial charge in [-0.05, 0) is 55.4 Å². The van der Waals surface area contributed by atoms with E-state index >= 15 is 0 Å². The van der Waals surface area contributed by atoms with Crippen LogP contribution in [0.5, 0.6) is 11.6 Å². The second-order valence-electron chi connectivity index (χ2n) is 7.04. The van der Waals surface area contributed by atoms with E-state index in [9.17, 15) is 4.79 Å². The standard InChI is InChI=1S/C21H23N3O2S/c1-27-12-11-18(14-7-8-14)23-20(25)17-13-22-19(15-9-10-15)24-21(17)26-16-5-3-2-4-6-16/h2-6,11-15,18H,7-10H2,1H3,(H,23,25)/b12-11+. The van der Waals surface area contributed by atoms with Gasteiger partial charge in [-0.2, -0.15) is 4.98 Å². The molecule has 0 spiro atoms. The number of carbonyl (C=O) groups excluding carboxylic acids is 1. The van der Waals surface area contributed by atoms with Crippen LogP contribution in [0.4, 0.5) is 0 Å². The van der Waals surface area contributed by atoms with Crippen molar-refractivity contribution in [3.8, 4) is 11.6 Å². The van der Waals surface area contributed by atoms with Gasteiger partial charge < -0.3 is 10.1 Å². The number of carbonyl (C=O) groups is 1. The van der Waals surface area contributed by atoms with Crippen molar-refractivity contribution in [1.29, 1.82) is 0 Å². The summed E-state index contributed by atoms with van der Waals surface area (Å²) in [6.45, 7) is 0. The summed E-state index contributed by atoms with van der Waals surface area (Å²) in [5.41, 5.74) is 0.381. The predicted molar refractivity (Wildman–Crippen MR) is 107 cm³/mol. The van der Waals surface area contributed by atoms with Crippen LogP contribution in [0.3, 0.4) is 0 Å². The first-order valence-electron chi connectivity index (χ1n) is 9.35. The van der Waals surface area contributed by atoms with E-state index in [4.69, 9.17) is 4.74 Å². The van der Waals surface area contributed by atoms with E-state index in [-0.39, 0.29) is 11.9 Å². The van der Waals surface area contributed by atoms with Gasteiger partial charge in [0, 0.05) is 12.1 Å². The average Bonchev–Trinajstić information content (AvgIpc) is 3.58. The lowest BCUT2D eigenvalue weighted by Crippen LogP contribution is -2.35. The molecule has 1 heterocycles. The minimum absolute atomic E-state index is 0.0395. The molecule has 1 aromatic heterocycles. The minimum Gasteiger partial charge on any atom is -0.438 e. The zero-order valence-corrected chi connectivity index (χ0v) is 16.1. The Bertz CT molecular complexity index is 833. The fourth-order valence-electron chi connectivity index (χ4n) is 2.92. The van der Waals surface area contributed by atoms with Crippen molar-refractivity contribution < 1.29 is 9.53 Å². The average molecular weight is 382 g/mol. The number of para-hydroxylation sites is 1. The fourth-order valence-corrected chi connectivity index (χ4v) is 3.25. The summed E-state index contributed by atoms with van der Waals surface area (Å²) in [5.74, 6) is 2.47. The van der Waals surface area contributed by atoms with Gasteiger partial charge in [-0.25, -0.2) is 4.98 Å². The number of hydrogen-bond acceptors (Lipinski definition) is 5. The van der Waals surface area contributed by atoms with Gasteiger partial charge in [0.15, 0.2) is 0 Å². The molecule has 27 heavy (non-hydrogen) atoms. The largest absolute Gasteiger partial charge is 0.438 e. The highest BCUT2D eigenvalue weighted by Crippen LogP contribution is 2.39. The Labute approximate surface area is 163 Å². The highest BCUT2D eigenvalue weighted by atomic mass is 32.2. The van der Waals surface area contributed by atoms with E-state index in [2.05, 4.69) is 21.4 Å². The van der Waals surface area contributed by atoms with Gasteiger partial charge in [-0.15, -0.1) is 11.8 Å². The van der Waals surface area contributed by atoms with Crippen LogP contribution < -0.4 is 10.1 Å². The zero-order chi connectivity index (χ0) is 18.6. The molecule has 1 unspecified atom stereocenters. The minimum atomic E-state index is -0.189. The summed E-state index contributed by atoms with van der Waals surface area (Å²) in [4.78, 5) is 21.9. The van der Waals surface area contributed by atoms with Gasteiger partial charge >= 0.3 is 0 Å². The normalized spacial score (nSPS) is 17.7. The van der Waals surface area contributed by atoms with Crippen molar-refractivity contribution >= 4 is 17.7 Å². The smallest absolute Gasteiger partial charge is 0.258 e. The molecule has 1 atom stereocenters. The Hall–Kier alpha value is -2.34. The molecule has 4 rings (SSSR count). The van der Waals surface area contributed by atoms with E-state index < -0.39 is 0 Å². The topological polar surface area (TPSA) is 64.1 Å². The second-order valence-corrected chi connectivity index (χ2v) is 7.78. The molecule has 2 aromatic rings. The van der Waals surface area contributed by atoms with Crippen molar-refractivity contribution in [2.45, 2.75) is 37.6 Å². The Morgan fingerprint density at radius 2 is 2.04 bits per heavy atom. The molecule has 0 aliphatic heterocycles. The van der Waals surface area contributed by atoms with Gasteiger partial charge in [0.25, 0.3) is 5.91 Å². The first kappa shape index (κ1) is 18.0. The first-order valence-corrected chi connectivity index (χ1v) is 10.6. The number of nitrogens with zero attached hydrogens (tertiary/aromatic N) is 2. The molecule has 1 amide bonds. The first-order chi connectivity index (χ1) is 13.2. The number of hydrogen-bond donors (Lipinski definition) is 1. The lowest BCUT2D eigenvalue weighted by atomic mass is 10.1. The Kier molecular flexibility index (Phi) is 5.43. The molecule has 6 heteroatoms. The van der Waals surface area contributed by atoms with Crippen molar-refractivity contribution in [3.63, 3.8) is 0 Å². The molecule has 1 aromatic carbocycles. The van der Waals surface area contributed by atoms with Crippen molar-refractivity contribution in [1.82, 2.24) is 15.3 Å². The van der Waals surface area contributed by atoms with E-state index in [0.29, 0.717) is 29.0 Å². The summed E-state index contributed by atoms with van der Waals surface area (Å²) >= 11 is 1.63. The molecule has 0 saturated heterocycles. The van der Waals surface area contributed by atoms with Gasteiger partial charge in [-0.1, -0.05) is 24.3 Å². The van der Waals surface area contributed by atoms with Gasteiger partial charge in [0.2, 0.25) is 5.88 Å². The van der Waals surface area contributed by atoms with E-state index in [1.165, 1.54) is 0 Å². The Morgan fingerprint density at radius 1 is 1.26 bits per heavy atom. The lowest BCUT2D eigenvalue weighted by Gasteiger charge is -2.16. The fraction of sp³-hybridized carbons (Fsp3) is 0.381. The number of thioether (sulfide) groups is 1. The van der Waals surface area contributed by atoms with Gasteiger partial charge in [0.1, 0.15) is 17.1 Å². The number of amides is 1. The molecule has 1 N–H and O–H groups in total. The summed E-state index contributed by atoms with van der Waals surface area (Å²) in [5, 5.41) is 5.15. The molecule has 2 saturated carbocycles. The van der Waals surface area contributed by atoms with Crippen molar-refractivity contribution in [2.24, 2.45) is 5.92 Å². The molecule has 0 radical (unpaired) electrons. The Balaban J connectivity index is 1.58. The molecular formula is C21H23N3O2S. The van der Waals surface area contributed by atoms with Crippen LogP contribution in [0, 0.1) is 5.92 Å². The van der Waals surface area contributed by atoms with Gasteiger partial charge in [0.05, 0.1) is 6.04 Å². The number of benzene rings is 1. The number of ether oxygens (including phenoxy) is 1. The molecule has 140 valence electrons. The van der Waals surface area contributed by atoms with Crippen LogP contribution in [0.2, 0.25) is 0 Å². The summed E-state index contributed by atoms with van der Waals surface area (Å²) in [6.07, 6.45) is 10.2. The monoisotopic (exact) mass is 381 g/mol.